The van der Waals surface area contributed by atoms with Crippen LogP contribution in [0.1, 0.15) is 68.5 Å². The molecular weight excluding hydrogens is 516 g/mol. The largest absolute Gasteiger partial charge is 0.493 e. The van der Waals surface area contributed by atoms with E-state index in [0.717, 1.165) is 48.4 Å². The normalized spacial score (nSPS) is 23.1. The van der Waals surface area contributed by atoms with Crippen molar-refractivity contribution in [1.29, 1.82) is 0 Å². The second-order valence-electron chi connectivity index (χ2n) is 10.6. The zero-order valence-electron chi connectivity index (χ0n) is 22.0. The van der Waals surface area contributed by atoms with Crippen molar-refractivity contribution in [1.82, 2.24) is 34.8 Å². The average molecular weight is 551 g/mol. The first-order chi connectivity index (χ1) is 18.9. The maximum atomic E-state index is 12.9. The van der Waals surface area contributed by atoms with Crippen LogP contribution in [0.25, 0.3) is 11.7 Å². The summed E-state index contributed by atoms with van der Waals surface area (Å²) in [5, 5.41) is 18.2. The van der Waals surface area contributed by atoms with Gasteiger partial charge in [-0.3, -0.25) is 14.8 Å². The minimum atomic E-state index is -0.492. The molecule has 2 atom stereocenters. The monoisotopic (exact) mass is 550 g/mol. The third-order valence-electron chi connectivity index (χ3n) is 7.59. The summed E-state index contributed by atoms with van der Waals surface area (Å²) in [5.74, 6) is -0.265. The van der Waals surface area contributed by atoms with Gasteiger partial charge in [-0.15, -0.1) is 11.8 Å². The van der Waals surface area contributed by atoms with Crippen molar-refractivity contribution in [3.8, 4) is 5.88 Å². The lowest BCUT2D eigenvalue weighted by Gasteiger charge is -2.33. The molecule has 6 rings (SSSR count). The number of aromatic hydroxyl groups is 1. The number of likely N-dealkylation sites (tertiary alicyclic amines) is 1. The number of imidazole rings is 1. The molecule has 0 radical (unpaired) electrons. The van der Waals surface area contributed by atoms with Crippen LogP contribution in [0.3, 0.4) is 0 Å². The summed E-state index contributed by atoms with van der Waals surface area (Å²) in [4.78, 5) is 42.4. The summed E-state index contributed by atoms with van der Waals surface area (Å²) in [6.45, 7) is 5.14. The number of fused-ring (bicyclic) bond motifs is 1. The van der Waals surface area contributed by atoms with E-state index in [-0.39, 0.29) is 28.8 Å². The number of aromatic amines is 2. The molecular formula is C27H34N8O3S. The molecule has 3 aromatic rings. The van der Waals surface area contributed by atoms with E-state index >= 15 is 0 Å². The Bertz CT molecular complexity index is 1580. The molecule has 1 saturated heterocycles. The first kappa shape index (κ1) is 25.9. The average Bonchev–Trinajstić information content (AvgIpc) is 3.29. The van der Waals surface area contributed by atoms with E-state index in [1.54, 1.807) is 16.8 Å². The van der Waals surface area contributed by atoms with Crippen molar-refractivity contribution in [3.63, 3.8) is 0 Å². The molecule has 1 amide bonds. The van der Waals surface area contributed by atoms with Crippen LogP contribution in [0.5, 0.6) is 5.88 Å². The Hall–Kier alpha value is -3.38. The molecule has 39 heavy (non-hydrogen) atoms. The second kappa shape index (κ2) is 11.0. The molecule has 0 spiro atoms. The molecule has 2 unspecified atom stereocenters. The van der Waals surface area contributed by atoms with Gasteiger partial charge < -0.3 is 20.3 Å². The van der Waals surface area contributed by atoms with E-state index in [1.165, 1.54) is 31.0 Å². The number of nitrogens with one attached hydrogen (secondary N) is 3. The lowest BCUT2D eigenvalue weighted by Crippen LogP contribution is -2.39. The highest BCUT2D eigenvalue weighted by atomic mass is 32.2. The maximum absolute atomic E-state index is 12.9. The number of nitrogens with zero attached hydrogens (tertiary/aromatic N) is 5. The minimum absolute atomic E-state index is 0.0127. The fourth-order valence-corrected chi connectivity index (χ4v) is 6.34. The topological polar surface area (TPSA) is 144 Å². The molecule has 2 fully saturated rings. The smallest absolute Gasteiger partial charge is 0.326 e. The molecule has 11 nitrogen and oxygen atoms in total. The number of piperidine rings is 1. The highest BCUT2D eigenvalue weighted by Crippen LogP contribution is 2.42. The predicted octanol–water partition coefficient (Wildman–Crippen LogP) is 1.50. The summed E-state index contributed by atoms with van der Waals surface area (Å²) in [6.07, 6.45) is 12.9. The van der Waals surface area contributed by atoms with Gasteiger partial charge in [0, 0.05) is 30.4 Å². The predicted molar refractivity (Wildman–Crippen MR) is 149 cm³/mol. The summed E-state index contributed by atoms with van der Waals surface area (Å²) < 4.78 is 1.69. The first-order valence-corrected chi connectivity index (χ1v) is 14.7. The Kier molecular flexibility index (Phi) is 7.30. The highest BCUT2D eigenvalue weighted by Gasteiger charge is 2.27. The van der Waals surface area contributed by atoms with Crippen LogP contribution >= 0.6 is 11.8 Å². The molecule has 1 saturated carbocycles. The van der Waals surface area contributed by atoms with Crippen molar-refractivity contribution in [2.75, 3.05) is 19.6 Å². The van der Waals surface area contributed by atoms with Crippen molar-refractivity contribution < 1.29 is 9.90 Å². The number of carbonyl (C=O) groups is 1. The molecule has 12 heteroatoms. The standard InChI is InChI=1S/C27H34N8O3S/c1-16-5-2-3-11-34(16)12-4-10-28-26(37)22-9-8-21(39-22)19-14-23(30-18-6-7-18)35-24(31-19)17(15-29-35)13-20-25(36)33-27(38)32-20/h9,13-16,18,21,36H,2-8,10-12H2,1H3,(H,28,37)(H2,32,33,38). The maximum Gasteiger partial charge on any atom is 0.326 e. The Balaban J connectivity index is 1.17. The van der Waals surface area contributed by atoms with Gasteiger partial charge in [-0.25, -0.2) is 9.78 Å². The fourth-order valence-electron chi connectivity index (χ4n) is 5.23. The Morgan fingerprint density at radius 3 is 2.95 bits per heavy atom. The number of H-pyrrole nitrogens is 2. The van der Waals surface area contributed by atoms with Crippen LogP contribution < -0.4 is 21.7 Å². The van der Waals surface area contributed by atoms with Crippen molar-refractivity contribution in [3.05, 3.63) is 55.8 Å². The molecule has 4 N–H and O–H groups in total. The lowest BCUT2D eigenvalue weighted by atomic mass is 10.0. The molecule has 1 aliphatic carbocycles. The van der Waals surface area contributed by atoms with Crippen LogP contribution in [0.15, 0.2) is 33.0 Å². The number of thioether (sulfide) groups is 1. The zero-order chi connectivity index (χ0) is 26.9. The third-order valence-corrected chi connectivity index (χ3v) is 8.91. The molecule has 0 bridgehead atoms. The van der Waals surface area contributed by atoms with Gasteiger partial charge in [0.05, 0.1) is 28.1 Å². The van der Waals surface area contributed by atoms with Gasteiger partial charge in [0.15, 0.2) is 11.1 Å². The molecule has 3 aliphatic rings. The van der Waals surface area contributed by atoms with Crippen LogP contribution in [-0.4, -0.2) is 72.2 Å². The number of hydrogen-bond acceptors (Lipinski definition) is 8. The van der Waals surface area contributed by atoms with E-state index in [4.69, 9.17) is 9.98 Å². The molecule has 3 aromatic heterocycles. The summed E-state index contributed by atoms with van der Waals surface area (Å²) >= 11 is 1.53. The Morgan fingerprint density at radius 1 is 1.31 bits per heavy atom. The molecule has 0 aromatic carbocycles. The van der Waals surface area contributed by atoms with Gasteiger partial charge in [0.25, 0.3) is 5.91 Å². The SMILES string of the molecule is CC1CCCCN1CCCNC(=O)C1=CCC(c2cc(=NC3CC3)n3ncc(=Cc4[nH]c(=O)[nH]c4O)c3n2)S1. The van der Waals surface area contributed by atoms with Gasteiger partial charge in [0.1, 0.15) is 5.69 Å². The third kappa shape index (κ3) is 5.81. The van der Waals surface area contributed by atoms with E-state index in [0.29, 0.717) is 29.9 Å². The van der Waals surface area contributed by atoms with E-state index in [2.05, 4.69) is 32.2 Å². The fraction of sp³-hybridized carbons (Fsp3) is 0.519. The van der Waals surface area contributed by atoms with Crippen molar-refractivity contribution in [2.45, 2.75) is 69.2 Å². The number of allylic oxidation sites excluding steroid dienone is 1. The summed E-state index contributed by atoms with van der Waals surface area (Å²) in [6, 6.07) is 2.88. The van der Waals surface area contributed by atoms with Gasteiger partial charge in [-0.2, -0.15) is 9.61 Å². The lowest BCUT2D eigenvalue weighted by molar-refractivity contribution is -0.116. The summed E-state index contributed by atoms with van der Waals surface area (Å²) in [7, 11) is 0. The second-order valence-corrected chi connectivity index (χ2v) is 11.9. The van der Waals surface area contributed by atoms with Crippen LogP contribution in [0, 0.1) is 0 Å². The minimum Gasteiger partial charge on any atom is -0.493 e. The van der Waals surface area contributed by atoms with Crippen LogP contribution in [0.2, 0.25) is 0 Å². The molecule has 2 aliphatic heterocycles. The molecule has 5 heterocycles. The van der Waals surface area contributed by atoms with Crippen LogP contribution in [-0.2, 0) is 4.79 Å². The number of rotatable bonds is 8. The first-order valence-electron chi connectivity index (χ1n) is 13.8. The van der Waals surface area contributed by atoms with Gasteiger partial charge in [-0.05, 0) is 58.1 Å². The van der Waals surface area contributed by atoms with E-state index in [1.807, 2.05) is 12.1 Å². The van der Waals surface area contributed by atoms with E-state index in [9.17, 15) is 14.7 Å². The van der Waals surface area contributed by atoms with Crippen LogP contribution in [0.4, 0.5) is 0 Å². The number of amides is 1. The number of hydrogen-bond donors (Lipinski definition) is 4. The van der Waals surface area contributed by atoms with Gasteiger partial charge in [-0.1, -0.05) is 12.5 Å². The Labute approximate surface area is 229 Å². The number of aromatic nitrogens is 5. The van der Waals surface area contributed by atoms with Crippen molar-refractivity contribution in [2.24, 2.45) is 4.99 Å². The zero-order valence-corrected chi connectivity index (χ0v) is 22.8. The van der Waals surface area contributed by atoms with Gasteiger partial charge in [0.2, 0.25) is 5.88 Å². The Morgan fingerprint density at radius 2 is 2.18 bits per heavy atom. The van der Waals surface area contributed by atoms with E-state index < -0.39 is 5.69 Å². The van der Waals surface area contributed by atoms with Gasteiger partial charge >= 0.3 is 5.69 Å². The summed E-state index contributed by atoms with van der Waals surface area (Å²) in [5.41, 5.74) is 1.89. The quantitative estimate of drug-likeness (QED) is 0.311. The molecule has 206 valence electrons. The highest BCUT2D eigenvalue weighted by molar-refractivity contribution is 8.04. The number of carbonyl (C=O) groups excluding carboxylic acids is 1. The van der Waals surface area contributed by atoms with Crippen molar-refractivity contribution >= 4 is 29.4 Å².